The van der Waals surface area contributed by atoms with Crippen molar-refractivity contribution in [3.05, 3.63) is 75.7 Å². The van der Waals surface area contributed by atoms with Gasteiger partial charge in [-0.3, -0.25) is 18.7 Å². The molecule has 2 N–H and O–H groups in total. The maximum absolute atomic E-state index is 14.0. The number of benzene rings is 2. The molecule has 2 aliphatic rings. The standard InChI is InChI=1S/C40H50N2O10S2/c1-5-7-9-11-20-41(21-12-10-8-6-2)27-14-16-29-31-26-34(43)30(38(44)37(31)39(45)52-35(29)24-27)17-19-36-40(3,4)32-25-28(54(49,50)51)15-18-33(32)42(36)22-13-23-53(46,47)48/h14-19,24-25,30H,5-13,20-23,26H2,1-4H3,(H-,46,47,48,49,50,51)/p+1/b19-17+. The van der Waals surface area contributed by atoms with Crippen LogP contribution in [0.5, 0.6) is 0 Å². The van der Waals surface area contributed by atoms with Gasteiger partial charge in [0.15, 0.2) is 17.3 Å². The Morgan fingerprint density at radius 1 is 0.889 bits per heavy atom. The Kier molecular flexibility index (Phi) is 12.8. The number of hydrogen-bond acceptors (Lipinski definition) is 9. The molecular formula is C40H51N2O10S2+. The van der Waals surface area contributed by atoms with Crippen molar-refractivity contribution in [3.63, 3.8) is 0 Å². The van der Waals surface area contributed by atoms with E-state index in [-0.39, 0.29) is 29.8 Å². The highest BCUT2D eigenvalue weighted by atomic mass is 32.2. The van der Waals surface area contributed by atoms with Crippen LogP contribution in [0.3, 0.4) is 0 Å². The molecule has 5 rings (SSSR count). The molecule has 0 saturated carbocycles. The van der Waals surface area contributed by atoms with Gasteiger partial charge in [0, 0.05) is 60.8 Å². The van der Waals surface area contributed by atoms with Crippen LogP contribution in [0, 0.1) is 5.92 Å². The van der Waals surface area contributed by atoms with Crippen molar-refractivity contribution in [1.29, 1.82) is 0 Å². The van der Waals surface area contributed by atoms with Gasteiger partial charge in [-0.1, -0.05) is 58.4 Å². The molecule has 1 aromatic heterocycles. The number of unbranched alkanes of at least 4 members (excludes halogenated alkanes) is 6. The lowest BCUT2D eigenvalue weighted by atomic mass is 9.78. The normalized spacial score (nSPS) is 17.1. The van der Waals surface area contributed by atoms with Crippen LogP contribution in [0.2, 0.25) is 0 Å². The average molecular weight is 784 g/mol. The van der Waals surface area contributed by atoms with Crippen LogP contribution < -0.4 is 10.5 Å². The molecule has 1 aliphatic carbocycles. The number of fused-ring (bicyclic) bond motifs is 4. The molecule has 12 nitrogen and oxygen atoms in total. The highest BCUT2D eigenvalue weighted by Gasteiger charge is 2.46. The van der Waals surface area contributed by atoms with Crippen molar-refractivity contribution < 1.29 is 44.5 Å². The fourth-order valence-corrected chi connectivity index (χ4v) is 8.64. The molecule has 54 heavy (non-hydrogen) atoms. The van der Waals surface area contributed by atoms with Crippen molar-refractivity contribution in [1.82, 2.24) is 0 Å². The van der Waals surface area contributed by atoms with Crippen LogP contribution in [0.15, 0.2) is 62.7 Å². The van der Waals surface area contributed by atoms with Gasteiger partial charge in [0.1, 0.15) is 23.6 Å². The summed E-state index contributed by atoms with van der Waals surface area (Å²) in [6.45, 7) is 9.76. The summed E-state index contributed by atoms with van der Waals surface area (Å²) in [5.41, 5.74) is 1.23. The molecular weight excluding hydrogens is 733 g/mol. The van der Waals surface area contributed by atoms with Gasteiger partial charge in [-0.05, 0) is 56.5 Å². The van der Waals surface area contributed by atoms with Crippen molar-refractivity contribution >= 4 is 59.9 Å². The lowest BCUT2D eigenvalue weighted by Gasteiger charge is -2.26. The molecule has 0 fully saturated rings. The van der Waals surface area contributed by atoms with Gasteiger partial charge in [0.25, 0.3) is 20.2 Å². The van der Waals surface area contributed by atoms with Crippen molar-refractivity contribution in [3.8, 4) is 0 Å². The number of ketones is 2. The van der Waals surface area contributed by atoms with Gasteiger partial charge in [0.2, 0.25) is 5.69 Å². The van der Waals surface area contributed by atoms with Gasteiger partial charge in [0.05, 0.1) is 16.1 Å². The average Bonchev–Trinajstić information content (AvgIpc) is 3.30. The number of rotatable bonds is 18. The van der Waals surface area contributed by atoms with Gasteiger partial charge >= 0.3 is 5.63 Å². The zero-order valence-electron chi connectivity index (χ0n) is 31.5. The van der Waals surface area contributed by atoms with E-state index in [1.54, 1.807) is 24.5 Å². The highest BCUT2D eigenvalue weighted by Crippen LogP contribution is 2.42. The van der Waals surface area contributed by atoms with E-state index in [4.69, 9.17) is 4.42 Å². The van der Waals surface area contributed by atoms with E-state index < -0.39 is 54.5 Å². The summed E-state index contributed by atoms with van der Waals surface area (Å²) >= 11 is 0. The van der Waals surface area contributed by atoms with Crippen molar-refractivity contribution in [2.75, 3.05) is 30.3 Å². The first-order valence-electron chi connectivity index (χ1n) is 18.8. The summed E-state index contributed by atoms with van der Waals surface area (Å²) in [4.78, 5) is 43.2. The fraction of sp³-hybridized carbons (Fsp3) is 0.500. The summed E-state index contributed by atoms with van der Waals surface area (Å²) < 4.78 is 73.5. The van der Waals surface area contributed by atoms with Crippen LogP contribution in [0.4, 0.5) is 11.4 Å². The predicted octanol–water partition coefficient (Wildman–Crippen LogP) is 6.84. The summed E-state index contributed by atoms with van der Waals surface area (Å²) in [5.74, 6) is -2.93. The Morgan fingerprint density at radius 2 is 1.56 bits per heavy atom. The first kappa shape index (κ1) is 41.2. The molecule has 0 saturated heterocycles. The molecule has 0 radical (unpaired) electrons. The van der Waals surface area contributed by atoms with E-state index >= 15 is 0 Å². The molecule has 3 aromatic rings. The van der Waals surface area contributed by atoms with E-state index in [1.165, 1.54) is 37.1 Å². The number of carbonyl (C=O) groups excluding carboxylic acids is 2. The lowest BCUT2D eigenvalue weighted by molar-refractivity contribution is -0.437. The summed E-state index contributed by atoms with van der Waals surface area (Å²) in [6, 6.07) is 9.66. The van der Waals surface area contributed by atoms with Gasteiger partial charge in [-0.15, -0.1) is 0 Å². The maximum Gasteiger partial charge on any atom is 0.347 e. The minimum atomic E-state index is -4.55. The fourth-order valence-electron chi connectivity index (χ4n) is 7.64. The van der Waals surface area contributed by atoms with Gasteiger partial charge in [-0.2, -0.15) is 21.4 Å². The largest absolute Gasteiger partial charge is 0.422 e. The third-order valence-corrected chi connectivity index (χ3v) is 12.2. The van der Waals surface area contributed by atoms with Gasteiger partial charge < -0.3 is 9.32 Å². The minimum Gasteiger partial charge on any atom is -0.422 e. The van der Waals surface area contributed by atoms with Crippen LogP contribution in [0.25, 0.3) is 11.0 Å². The first-order chi connectivity index (χ1) is 25.5. The Bertz CT molecular complexity index is 2260. The Hall–Kier alpha value is -3.98. The molecule has 0 amide bonds. The number of Topliss-reactive ketones (excluding diaryl/α,β-unsaturated/α-hetero) is 2. The monoisotopic (exact) mass is 783 g/mol. The van der Waals surface area contributed by atoms with Crippen molar-refractivity contribution in [2.24, 2.45) is 5.92 Å². The molecule has 0 bridgehead atoms. The number of hydrogen-bond donors (Lipinski definition) is 2. The number of carbonyl (C=O) groups is 2. The number of nitrogens with zero attached hydrogens (tertiary/aromatic N) is 2. The molecule has 1 unspecified atom stereocenters. The zero-order chi connectivity index (χ0) is 39.4. The maximum atomic E-state index is 14.0. The molecule has 0 spiro atoms. The number of anilines is 1. The molecule has 2 heterocycles. The quantitative estimate of drug-likeness (QED) is 0.0454. The van der Waals surface area contributed by atoms with Crippen LogP contribution in [-0.2, 0) is 36.9 Å². The Morgan fingerprint density at radius 3 is 2.17 bits per heavy atom. The third kappa shape index (κ3) is 9.10. The highest BCUT2D eigenvalue weighted by molar-refractivity contribution is 7.86. The van der Waals surface area contributed by atoms with E-state index in [2.05, 4.69) is 18.7 Å². The van der Waals surface area contributed by atoms with Crippen LogP contribution in [0.1, 0.15) is 107 Å². The smallest absolute Gasteiger partial charge is 0.347 e. The van der Waals surface area contributed by atoms with E-state index in [0.717, 1.165) is 57.3 Å². The summed E-state index contributed by atoms with van der Waals surface area (Å²) in [5, 5.41) is 0.538. The second-order valence-electron chi connectivity index (χ2n) is 14.8. The first-order valence-corrected chi connectivity index (χ1v) is 21.8. The summed E-state index contributed by atoms with van der Waals surface area (Å²) in [6.07, 6.45) is 11.8. The second-order valence-corrected chi connectivity index (χ2v) is 17.8. The third-order valence-electron chi connectivity index (χ3n) is 10.5. The molecule has 1 atom stereocenters. The lowest BCUT2D eigenvalue weighted by Crippen LogP contribution is -2.35. The van der Waals surface area contributed by atoms with E-state index in [9.17, 15) is 40.3 Å². The van der Waals surface area contributed by atoms with E-state index in [1.807, 2.05) is 18.2 Å². The SMILES string of the molecule is CCCCCCN(CCCCCC)c1ccc2c3c(c(=O)oc2c1)C(=O)C(/C=C/C1=[N+](CCCS(=O)(=O)O)c2ccc(S(=O)(=O)O)cc2C1(C)C)C(=O)C3. The van der Waals surface area contributed by atoms with Crippen LogP contribution >= 0.6 is 0 Å². The molecule has 1 aliphatic heterocycles. The molecule has 14 heteroatoms. The van der Waals surface area contributed by atoms with Crippen molar-refractivity contribution in [2.45, 2.75) is 102 Å². The predicted molar refractivity (Wildman–Crippen MR) is 209 cm³/mol. The molecule has 2 aromatic carbocycles. The minimum absolute atomic E-state index is 0.00567. The Balaban J connectivity index is 1.48. The summed E-state index contributed by atoms with van der Waals surface area (Å²) in [7, 11) is -8.82. The van der Waals surface area contributed by atoms with Gasteiger partial charge in [-0.25, -0.2) is 4.79 Å². The second kappa shape index (κ2) is 16.8. The topological polar surface area (TPSA) is 179 Å². The number of allylic oxidation sites excluding steroid dienone is 2. The zero-order valence-corrected chi connectivity index (χ0v) is 33.1. The molecule has 292 valence electrons. The Labute approximate surface area is 317 Å². The van der Waals surface area contributed by atoms with Crippen LogP contribution in [-0.4, -0.2) is 73.2 Å². The van der Waals surface area contributed by atoms with E-state index in [0.29, 0.717) is 33.5 Å².